The summed E-state index contributed by atoms with van der Waals surface area (Å²) in [6.07, 6.45) is 0. The zero-order valence-electron chi connectivity index (χ0n) is 54.4. The van der Waals surface area contributed by atoms with Crippen LogP contribution in [0.5, 0.6) is 0 Å². The Hall–Kier alpha value is -9.82. The molecular weight excluding hydrogens is 1160 g/mol. The highest BCUT2D eigenvalue weighted by Crippen LogP contribution is 2.52. The van der Waals surface area contributed by atoms with Crippen LogP contribution in [-0.4, -0.2) is 40.4 Å². The minimum Gasteiger partial charge on any atom is -0.127 e. The van der Waals surface area contributed by atoms with Crippen molar-refractivity contribution in [2.45, 2.75) is 98.2 Å². The van der Waals surface area contributed by atoms with E-state index in [9.17, 15) is 0 Å². The Morgan fingerprint density at radius 3 is 0.467 bits per heavy atom. The molecule has 0 spiro atoms. The minimum absolute atomic E-state index is 0.884. The Balaban J connectivity index is 1.25. The summed E-state index contributed by atoms with van der Waals surface area (Å²) in [4.78, 5) is 0. The van der Waals surface area contributed by atoms with Gasteiger partial charge in [0.2, 0.25) is 0 Å². The van der Waals surface area contributed by atoms with Gasteiger partial charge in [0.15, 0.2) is 0 Å². The molecule has 90 heavy (non-hydrogen) atoms. The molecule has 0 saturated carbocycles. The van der Waals surface area contributed by atoms with E-state index in [1.165, 1.54) is 0 Å². The molecule has 0 amide bonds. The van der Waals surface area contributed by atoms with Crippen molar-refractivity contribution < 1.29 is 0 Å². The van der Waals surface area contributed by atoms with E-state index in [2.05, 4.69) is 366 Å². The monoisotopic (exact) mass is 1230 g/mol. The van der Waals surface area contributed by atoms with E-state index in [1.54, 1.807) is 0 Å². The van der Waals surface area contributed by atoms with Crippen molar-refractivity contribution in [1.82, 2.24) is 0 Å². The van der Waals surface area contributed by atoms with Crippen molar-refractivity contribution in [2.75, 3.05) is 0 Å². The summed E-state index contributed by atoms with van der Waals surface area (Å²) < 4.78 is 0. The number of rotatable bonds is 0. The molecule has 0 unspecified atom stereocenters. The zero-order valence-corrected chi connectivity index (χ0v) is 59.4. The third-order valence-corrected chi connectivity index (χ3v) is 18.8. The molecule has 11 aromatic rings. The molecule has 0 aliphatic rings. The first-order chi connectivity index (χ1) is 42.6. The van der Waals surface area contributed by atoms with Crippen LogP contribution in [0.4, 0.5) is 0 Å². The largest absolute Gasteiger partial charge is 0.129 e. The van der Waals surface area contributed by atoms with Gasteiger partial charge >= 0.3 is 0 Å². The molecule has 430 valence electrons. The highest BCUT2D eigenvalue weighted by Gasteiger charge is 2.27. The quantitative estimate of drug-likeness (QED) is 0.0806. The van der Waals surface area contributed by atoms with Crippen LogP contribution in [0.2, 0.25) is 98.2 Å². The lowest BCUT2D eigenvalue weighted by Crippen LogP contribution is -2.16. The van der Waals surface area contributed by atoms with Gasteiger partial charge in [-0.2, -0.15) is 0 Å². The highest BCUT2D eigenvalue weighted by molar-refractivity contribution is 6.85. The topological polar surface area (TPSA) is 0 Å². The van der Waals surface area contributed by atoms with Gasteiger partial charge in [-0.1, -0.05) is 217 Å². The lowest BCUT2D eigenvalue weighted by Gasteiger charge is -2.11. The Bertz CT molecular complexity index is 4620. The molecule has 11 rings (SSSR count). The lowest BCUT2D eigenvalue weighted by molar-refractivity contribution is 1.59. The number of hydrogen-bond acceptors (Lipinski definition) is 0. The molecule has 5 heteroatoms. The van der Waals surface area contributed by atoms with Gasteiger partial charge < -0.3 is 0 Å². The van der Waals surface area contributed by atoms with Crippen LogP contribution >= 0.6 is 0 Å². The normalized spacial score (nSPS) is 11.3. The van der Waals surface area contributed by atoms with Crippen LogP contribution in [-0.2, 0) is 0 Å². The van der Waals surface area contributed by atoms with Crippen molar-refractivity contribution in [3.05, 3.63) is 235 Å². The summed E-state index contributed by atoms with van der Waals surface area (Å²) >= 11 is 0. The van der Waals surface area contributed by atoms with Crippen molar-refractivity contribution in [1.29, 1.82) is 0 Å². The summed E-state index contributed by atoms with van der Waals surface area (Å²) in [6, 6.07) is 52.9. The molecular formula is C85H70Si5. The van der Waals surface area contributed by atoms with Gasteiger partial charge in [-0.3, -0.25) is 0 Å². The smallest absolute Gasteiger partial charge is 0.127 e. The molecule has 0 fully saturated rings. The van der Waals surface area contributed by atoms with Gasteiger partial charge in [0.1, 0.15) is 40.4 Å². The summed E-state index contributed by atoms with van der Waals surface area (Å²) in [5.74, 6) is 54.2. The van der Waals surface area contributed by atoms with Crippen LogP contribution in [0.15, 0.2) is 152 Å². The lowest BCUT2D eigenvalue weighted by atomic mass is 9.90. The zero-order chi connectivity index (χ0) is 63.8. The van der Waals surface area contributed by atoms with Gasteiger partial charge in [-0.25, -0.2) is 0 Å². The fourth-order valence-corrected chi connectivity index (χ4v) is 13.0. The van der Waals surface area contributed by atoms with E-state index in [1.807, 2.05) is 0 Å². The van der Waals surface area contributed by atoms with E-state index in [0.29, 0.717) is 0 Å². The van der Waals surface area contributed by atoms with Crippen molar-refractivity contribution >= 4 is 94.2 Å². The maximum absolute atomic E-state index is 3.75. The van der Waals surface area contributed by atoms with Crippen molar-refractivity contribution in [2.24, 2.45) is 0 Å². The molecule has 0 saturated heterocycles. The van der Waals surface area contributed by atoms with Crippen LogP contribution in [0.1, 0.15) is 83.5 Å². The third kappa shape index (κ3) is 15.2. The summed E-state index contributed by atoms with van der Waals surface area (Å²) in [5.41, 5.74) is 31.4. The molecule has 0 aliphatic heterocycles. The van der Waals surface area contributed by atoms with Gasteiger partial charge in [-0.05, 0) is 148 Å². The molecule has 0 nitrogen and oxygen atoms in total. The standard InChI is InChI=1S/C85H70Si5/c1-86(2,3)46-41-66-26-16-21-61(51-66)31-36-71-56-77-73(38-33-63-23-18-28-68(53-63)43-48-88(7,8)9)58-79-75(40-35-65-25-20-30-70(55-65)45-50-90(13,14)15)60-80-74(39-34-64-24-19-29-69(54-64)44-49-89(10,11)12)59-78-72(57-76(71)81-82(77)84(79)85(80)83(78)81)37-32-62-22-17-27-67(52-62)42-47-87(4,5)6/h16-30,51-60H,1-15H3. The number of hydrogen-bond donors (Lipinski definition) is 0. The minimum atomic E-state index is -1.63. The molecule has 0 aliphatic carbocycles. The molecule has 0 heterocycles. The maximum Gasteiger partial charge on any atom is 0.129 e. The van der Waals surface area contributed by atoms with Crippen LogP contribution in [0.25, 0.3) is 53.9 Å². The van der Waals surface area contributed by atoms with Gasteiger partial charge in [0, 0.05) is 110 Å². The van der Waals surface area contributed by atoms with Gasteiger partial charge in [0.25, 0.3) is 0 Å². The Morgan fingerprint density at radius 2 is 0.322 bits per heavy atom. The molecule has 0 bridgehead atoms. The first-order valence-corrected chi connectivity index (χ1v) is 48.2. The maximum atomic E-state index is 3.75. The highest BCUT2D eigenvalue weighted by atomic mass is 28.3. The molecule has 11 aromatic carbocycles. The first kappa shape index (κ1) is 61.8. The summed E-state index contributed by atoms with van der Waals surface area (Å²) in [7, 11) is -8.13. The van der Waals surface area contributed by atoms with E-state index in [-0.39, 0.29) is 0 Å². The molecule has 0 aromatic heterocycles. The molecule has 0 radical (unpaired) electrons. The first-order valence-electron chi connectivity index (χ1n) is 30.7. The third-order valence-electron chi connectivity index (χ3n) is 14.4. The van der Waals surface area contributed by atoms with Crippen molar-refractivity contribution in [3.8, 4) is 117 Å². The van der Waals surface area contributed by atoms with E-state index < -0.39 is 40.4 Å². The Labute approximate surface area is 540 Å². The summed E-state index contributed by atoms with van der Waals surface area (Å²) in [5, 5.41) is 10.7. The fraction of sp³-hybridized carbons (Fsp3) is 0.176. The van der Waals surface area contributed by atoms with Gasteiger partial charge in [-0.15, -0.1) is 27.7 Å². The SMILES string of the molecule is C[Si](C)(C)C#Cc1cccc(C#Cc2cc3c(C#Cc4cccc(C#C[Si](C)(C)C)c4)cc4c(C#Cc5cccc(C#C[Si](C)(C)C)c5)cc5c(C#Cc6cccc(C#C[Si](C)(C)C)c6)cc6c(C#Cc7cccc(C#C[Si](C)(C)C)c7)cc2c2c6c5c4c32)c1. The van der Waals surface area contributed by atoms with E-state index >= 15 is 0 Å². The Kier molecular flexibility index (Phi) is 16.9. The molecule has 0 atom stereocenters. The predicted octanol–water partition coefficient (Wildman–Crippen LogP) is 18.9. The second-order valence-corrected chi connectivity index (χ2v) is 52.1. The summed E-state index contributed by atoms with van der Waals surface area (Å²) in [6.45, 7) is 34.0. The molecule has 0 N–H and O–H groups in total. The van der Waals surface area contributed by atoms with Crippen LogP contribution in [0, 0.1) is 117 Å². The second kappa shape index (κ2) is 24.6. The Morgan fingerprint density at radius 1 is 0.178 bits per heavy atom. The number of benzene rings is 10. The van der Waals surface area contributed by atoms with Crippen LogP contribution in [0.3, 0.4) is 0 Å². The van der Waals surface area contributed by atoms with E-state index in [0.717, 1.165) is 137 Å². The fourth-order valence-electron chi connectivity index (χ4n) is 10.4. The predicted molar refractivity (Wildman–Crippen MR) is 401 cm³/mol. The van der Waals surface area contributed by atoms with E-state index in [4.69, 9.17) is 0 Å². The van der Waals surface area contributed by atoms with Crippen LogP contribution < -0.4 is 0 Å². The average Bonchev–Trinajstić information content (AvgIpc) is 1.47. The van der Waals surface area contributed by atoms with Crippen molar-refractivity contribution in [3.63, 3.8) is 0 Å². The average molecular weight is 1230 g/mol. The second-order valence-electron chi connectivity index (χ2n) is 28.4. The van der Waals surface area contributed by atoms with Gasteiger partial charge in [0.05, 0.1) is 0 Å².